The van der Waals surface area contributed by atoms with Crippen molar-refractivity contribution in [3.05, 3.63) is 45.9 Å². The van der Waals surface area contributed by atoms with E-state index in [0.717, 1.165) is 29.3 Å². The summed E-state index contributed by atoms with van der Waals surface area (Å²) in [7, 11) is 0. The molecule has 2 aromatic rings. The molecule has 1 aromatic carbocycles. The summed E-state index contributed by atoms with van der Waals surface area (Å²) < 4.78 is 5.63. The van der Waals surface area contributed by atoms with E-state index in [1.165, 1.54) is 4.88 Å². The smallest absolute Gasteiger partial charge is 0.191 e. The van der Waals surface area contributed by atoms with Gasteiger partial charge in [0.25, 0.3) is 0 Å². The van der Waals surface area contributed by atoms with E-state index in [-0.39, 0.29) is 30.6 Å². The van der Waals surface area contributed by atoms with Gasteiger partial charge in [-0.25, -0.2) is 9.98 Å². The van der Waals surface area contributed by atoms with E-state index < -0.39 is 6.10 Å². The molecule has 2 rings (SSSR count). The second-order valence-corrected chi connectivity index (χ2v) is 7.13. The minimum Gasteiger partial charge on any atom is -0.491 e. The first-order valence-electron chi connectivity index (χ1n) is 8.94. The first-order chi connectivity index (χ1) is 12.6. The number of nitrogens with one attached hydrogen (secondary N) is 2. The Hall–Kier alpha value is -1.39. The number of halogens is 1. The molecule has 3 N–H and O–H groups in total. The number of thiazole rings is 1. The van der Waals surface area contributed by atoms with Crippen molar-refractivity contribution in [2.24, 2.45) is 4.99 Å². The van der Waals surface area contributed by atoms with Gasteiger partial charge in [0.05, 0.1) is 6.54 Å². The molecule has 0 bridgehead atoms. The predicted molar refractivity (Wildman–Crippen MR) is 122 cm³/mol. The van der Waals surface area contributed by atoms with Crippen LogP contribution in [0.2, 0.25) is 0 Å². The fourth-order valence-corrected chi connectivity index (χ4v) is 3.03. The lowest BCUT2D eigenvalue weighted by Gasteiger charge is -2.16. The van der Waals surface area contributed by atoms with Gasteiger partial charge in [-0.1, -0.05) is 19.1 Å². The van der Waals surface area contributed by atoms with E-state index in [1.807, 2.05) is 44.3 Å². The molecule has 1 heterocycles. The van der Waals surface area contributed by atoms with Crippen molar-refractivity contribution >= 4 is 41.3 Å². The Labute approximate surface area is 182 Å². The Bertz CT molecular complexity index is 709. The van der Waals surface area contributed by atoms with Gasteiger partial charge in [0.15, 0.2) is 5.96 Å². The maximum Gasteiger partial charge on any atom is 0.191 e. The molecule has 0 spiro atoms. The van der Waals surface area contributed by atoms with Gasteiger partial charge in [-0.15, -0.1) is 35.3 Å². The summed E-state index contributed by atoms with van der Waals surface area (Å²) in [6.45, 7) is 7.99. The van der Waals surface area contributed by atoms with Gasteiger partial charge in [-0.2, -0.15) is 0 Å². The number of hydrogen-bond acceptors (Lipinski definition) is 5. The molecule has 0 saturated carbocycles. The van der Waals surface area contributed by atoms with Gasteiger partial charge in [0.2, 0.25) is 0 Å². The van der Waals surface area contributed by atoms with E-state index in [0.29, 0.717) is 19.0 Å². The maximum absolute atomic E-state index is 10.1. The SMILES string of the molecule is CCNC(=NCc1ncc(CC)s1)NCC(O)COc1cccc(C)c1.I. The van der Waals surface area contributed by atoms with E-state index >= 15 is 0 Å². The molecule has 0 aliphatic rings. The van der Waals surface area contributed by atoms with Crippen LogP contribution < -0.4 is 15.4 Å². The molecule has 0 radical (unpaired) electrons. The summed E-state index contributed by atoms with van der Waals surface area (Å²) in [4.78, 5) is 10.2. The average molecular weight is 504 g/mol. The van der Waals surface area contributed by atoms with Crippen LogP contribution in [0.4, 0.5) is 0 Å². The molecule has 0 aliphatic carbocycles. The zero-order valence-corrected chi connectivity index (χ0v) is 19.2. The highest BCUT2D eigenvalue weighted by molar-refractivity contribution is 14.0. The second-order valence-electron chi connectivity index (χ2n) is 5.93. The highest BCUT2D eigenvalue weighted by Crippen LogP contribution is 2.14. The third-order valence-electron chi connectivity index (χ3n) is 3.60. The Kier molecular flexibility index (Phi) is 11.3. The molecule has 150 valence electrons. The normalized spacial score (nSPS) is 12.2. The van der Waals surface area contributed by atoms with Crippen LogP contribution in [0.15, 0.2) is 35.5 Å². The number of aryl methyl sites for hydroxylation is 2. The van der Waals surface area contributed by atoms with Crippen LogP contribution in [0.5, 0.6) is 5.75 Å². The van der Waals surface area contributed by atoms with Crippen LogP contribution in [0.25, 0.3) is 0 Å². The van der Waals surface area contributed by atoms with Crippen molar-refractivity contribution in [3.63, 3.8) is 0 Å². The van der Waals surface area contributed by atoms with E-state index in [9.17, 15) is 5.11 Å². The standard InChI is InChI=1S/C19H28N4O2S.HI/c1-4-17-11-21-18(26-17)12-23-19(20-5-2)22-10-15(24)13-25-16-8-6-7-14(3)9-16;/h6-9,11,15,24H,4-5,10,12-13H2,1-3H3,(H2,20,22,23);1H. The lowest BCUT2D eigenvalue weighted by atomic mass is 10.2. The highest BCUT2D eigenvalue weighted by atomic mass is 127. The lowest BCUT2D eigenvalue weighted by Crippen LogP contribution is -2.42. The summed E-state index contributed by atoms with van der Waals surface area (Å²) in [5, 5.41) is 17.4. The van der Waals surface area contributed by atoms with Crippen molar-refractivity contribution in [2.75, 3.05) is 19.7 Å². The van der Waals surface area contributed by atoms with Crippen LogP contribution in [0.3, 0.4) is 0 Å². The van der Waals surface area contributed by atoms with Crippen LogP contribution in [0, 0.1) is 6.92 Å². The number of guanidine groups is 1. The van der Waals surface area contributed by atoms with Crippen LogP contribution >= 0.6 is 35.3 Å². The summed E-state index contributed by atoms with van der Waals surface area (Å²) in [5.74, 6) is 1.43. The van der Waals surface area contributed by atoms with Crippen LogP contribution in [-0.4, -0.2) is 41.9 Å². The van der Waals surface area contributed by atoms with Crippen molar-refractivity contribution < 1.29 is 9.84 Å². The molecular weight excluding hydrogens is 475 g/mol. The van der Waals surface area contributed by atoms with Crippen molar-refractivity contribution in [1.29, 1.82) is 0 Å². The number of aliphatic imine (C=N–C) groups is 1. The molecule has 0 aliphatic heterocycles. The van der Waals surface area contributed by atoms with Crippen LogP contribution in [0.1, 0.15) is 29.3 Å². The monoisotopic (exact) mass is 504 g/mol. The minimum absolute atomic E-state index is 0. The zero-order chi connectivity index (χ0) is 18.8. The fourth-order valence-electron chi connectivity index (χ4n) is 2.24. The Morgan fingerprint density at radius 3 is 2.81 bits per heavy atom. The molecule has 0 fully saturated rings. The van der Waals surface area contributed by atoms with Gasteiger partial charge in [0, 0.05) is 24.2 Å². The van der Waals surface area contributed by atoms with E-state index in [4.69, 9.17) is 4.74 Å². The van der Waals surface area contributed by atoms with Crippen molar-refractivity contribution in [3.8, 4) is 5.75 Å². The quantitative estimate of drug-likeness (QED) is 0.278. The maximum atomic E-state index is 10.1. The first-order valence-corrected chi connectivity index (χ1v) is 9.75. The molecule has 0 saturated heterocycles. The number of hydrogen-bond donors (Lipinski definition) is 3. The fraction of sp³-hybridized carbons (Fsp3) is 0.474. The Balaban J connectivity index is 0.00000364. The van der Waals surface area contributed by atoms with Crippen molar-refractivity contribution in [1.82, 2.24) is 15.6 Å². The van der Waals surface area contributed by atoms with Gasteiger partial charge in [-0.05, 0) is 38.0 Å². The Morgan fingerprint density at radius 1 is 1.33 bits per heavy atom. The zero-order valence-electron chi connectivity index (χ0n) is 16.1. The number of aliphatic hydroxyl groups is 1. The van der Waals surface area contributed by atoms with Gasteiger partial charge < -0.3 is 20.5 Å². The summed E-state index contributed by atoms with van der Waals surface area (Å²) in [5.41, 5.74) is 1.13. The number of ether oxygens (including phenoxy) is 1. The Morgan fingerprint density at radius 2 is 2.15 bits per heavy atom. The number of nitrogens with zero attached hydrogens (tertiary/aromatic N) is 2. The molecule has 1 atom stereocenters. The van der Waals surface area contributed by atoms with Gasteiger partial charge in [-0.3, -0.25) is 0 Å². The summed E-state index contributed by atoms with van der Waals surface area (Å²) >= 11 is 1.68. The first kappa shape index (κ1) is 23.6. The molecule has 1 unspecified atom stereocenters. The third-order valence-corrected chi connectivity index (χ3v) is 4.73. The molecule has 27 heavy (non-hydrogen) atoms. The van der Waals surface area contributed by atoms with E-state index in [2.05, 4.69) is 27.5 Å². The number of aliphatic hydroxyl groups excluding tert-OH is 1. The lowest BCUT2D eigenvalue weighted by molar-refractivity contribution is 0.110. The highest BCUT2D eigenvalue weighted by Gasteiger charge is 2.08. The van der Waals surface area contributed by atoms with Crippen LogP contribution in [-0.2, 0) is 13.0 Å². The second kappa shape index (κ2) is 12.9. The molecular formula is C19H29IN4O2S. The van der Waals surface area contributed by atoms with Gasteiger partial charge >= 0.3 is 0 Å². The summed E-state index contributed by atoms with van der Waals surface area (Å²) in [6.07, 6.45) is 2.26. The molecule has 6 nitrogen and oxygen atoms in total. The third kappa shape index (κ3) is 8.89. The number of rotatable bonds is 9. The molecule has 1 aromatic heterocycles. The van der Waals surface area contributed by atoms with Gasteiger partial charge in [0.1, 0.15) is 23.5 Å². The number of benzene rings is 1. The average Bonchev–Trinajstić information content (AvgIpc) is 3.10. The largest absolute Gasteiger partial charge is 0.491 e. The minimum atomic E-state index is -0.633. The molecule has 0 amide bonds. The van der Waals surface area contributed by atoms with E-state index in [1.54, 1.807) is 11.3 Å². The number of aromatic nitrogens is 1. The molecule has 8 heteroatoms. The van der Waals surface area contributed by atoms with Crippen molar-refractivity contribution in [2.45, 2.75) is 39.8 Å². The summed E-state index contributed by atoms with van der Waals surface area (Å²) in [6, 6.07) is 7.78. The predicted octanol–water partition coefficient (Wildman–Crippen LogP) is 3.13. The topological polar surface area (TPSA) is 78.8 Å².